The molecule has 0 amide bonds. The monoisotopic (exact) mass is 556 g/mol. The van der Waals surface area contributed by atoms with E-state index in [1.165, 1.54) is 87.2 Å². The Bertz CT molecular complexity index is 2490. The lowest BCUT2D eigenvalue weighted by molar-refractivity contribution is 1.63. The lowest BCUT2D eigenvalue weighted by Gasteiger charge is -2.18. The summed E-state index contributed by atoms with van der Waals surface area (Å²) in [5.41, 5.74) is 7.53. The molecule has 0 heteroatoms. The highest BCUT2D eigenvalue weighted by Gasteiger charge is 2.17. The third-order valence-electron chi connectivity index (χ3n) is 9.20. The fourth-order valence-electron chi connectivity index (χ4n) is 7.14. The fraction of sp³-hybridized carbons (Fsp3) is 0. The second-order valence-corrected chi connectivity index (χ2v) is 11.7. The van der Waals surface area contributed by atoms with Gasteiger partial charge in [-0.15, -0.1) is 0 Å². The van der Waals surface area contributed by atoms with E-state index >= 15 is 0 Å². The molecule has 44 heavy (non-hydrogen) atoms. The first-order chi connectivity index (χ1) is 21.8. The van der Waals surface area contributed by atoms with Crippen molar-refractivity contribution in [3.05, 3.63) is 170 Å². The molecule has 0 aromatic heterocycles. The van der Waals surface area contributed by atoms with Crippen LogP contribution in [0.4, 0.5) is 0 Å². The Morgan fingerprint density at radius 1 is 0.205 bits per heavy atom. The normalized spacial score (nSPS) is 11.6. The molecule has 9 rings (SSSR count). The minimum Gasteiger partial charge on any atom is -0.0616 e. The minimum absolute atomic E-state index is 1.23. The molecule has 0 heterocycles. The molecule has 0 aliphatic carbocycles. The summed E-state index contributed by atoms with van der Waals surface area (Å²) in [6.07, 6.45) is 0. The van der Waals surface area contributed by atoms with Gasteiger partial charge in [-0.1, -0.05) is 152 Å². The number of fused-ring (bicyclic) bond motifs is 6. The number of hydrogen-bond donors (Lipinski definition) is 0. The molecule has 0 aliphatic heterocycles. The van der Waals surface area contributed by atoms with Crippen LogP contribution >= 0.6 is 0 Å². The average molecular weight is 557 g/mol. The second kappa shape index (κ2) is 9.93. The highest BCUT2D eigenvalue weighted by molar-refractivity contribution is 6.22. The molecule has 9 aromatic rings. The fourth-order valence-corrected chi connectivity index (χ4v) is 7.14. The summed E-state index contributed by atoms with van der Waals surface area (Å²) in [5, 5.41) is 12.8. The standard InChI is InChI=1S/C44H28/c1-2-12-31-26-33(22-20-29(31)10-1)32-13-9-14-35(27-32)43-39-16-5-7-18-41(39)44(42-19-8-6-17-40(42)43)36-24-25-38-34(28-36)23-21-30-11-3-4-15-37(30)38/h1-28H. The molecule has 0 saturated heterocycles. The lowest BCUT2D eigenvalue weighted by Crippen LogP contribution is -1.91. The summed E-state index contributed by atoms with van der Waals surface area (Å²) in [6.45, 7) is 0. The molecule has 0 unspecified atom stereocenters. The van der Waals surface area contributed by atoms with E-state index in [-0.39, 0.29) is 0 Å². The quantitative estimate of drug-likeness (QED) is 0.150. The minimum atomic E-state index is 1.23. The first-order valence-electron chi connectivity index (χ1n) is 15.3. The van der Waals surface area contributed by atoms with Gasteiger partial charge in [-0.2, -0.15) is 0 Å². The van der Waals surface area contributed by atoms with Crippen molar-refractivity contribution in [2.24, 2.45) is 0 Å². The second-order valence-electron chi connectivity index (χ2n) is 11.7. The van der Waals surface area contributed by atoms with Gasteiger partial charge in [-0.05, 0) is 105 Å². The lowest BCUT2D eigenvalue weighted by atomic mass is 9.85. The van der Waals surface area contributed by atoms with Crippen LogP contribution in [0.2, 0.25) is 0 Å². The van der Waals surface area contributed by atoms with Crippen molar-refractivity contribution in [1.29, 1.82) is 0 Å². The SMILES string of the molecule is c1cc(-c2ccc3ccccc3c2)cc(-c2c3ccccc3c(-c3ccc4c(ccc5ccccc54)c3)c3ccccc23)c1. The van der Waals surface area contributed by atoms with E-state index in [2.05, 4.69) is 170 Å². The first-order valence-corrected chi connectivity index (χ1v) is 15.3. The summed E-state index contributed by atoms with van der Waals surface area (Å²) in [7, 11) is 0. The predicted molar refractivity (Wildman–Crippen MR) is 190 cm³/mol. The molecule has 0 saturated carbocycles. The maximum Gasteiger partial charge on any atom is -0.00262 e. The van der Waals surface area contributed by atoms with E-state index in [0.717, 1.165) is 0 Å². The van der Waals surface area contributed by atoms with E-state index in [4.69, 9.17) is 0 Å². The number of hydrogen-bond acceptors (Lipinski definition) is 0. The first kappa shape index (κ1) is 24.8. The van der Waals surface area contributed by atoms with Crippen molar-refractivity contribution < 1.29 is 0 Å². The highest BCUT2D eigenvalue weighted by Crippen LogP contribution is 2.45. The Morgan fingerprint density at radius 3 is 1.34 bits per heavy atom. The molecule has 0 bridgehead atoms. The Balaban J connectivity index is 1.28. The van der Waals surface area contributed by atoms with Crippen LogP contribution in [-0.2, 0) is 0 Å². The van der Waals surface area contributed by atoms with Gasteiger partial charge in [0.25, 0.3) is 0 Å². The van der Waals surface area contributed by atoms with Crippen LogP contribution < -0.4 is 0 Å². The van der Waals surface area contributed by atoms with Crippen LogP contribution in [0.25, 0.3) is 87.2 Å². The molecule has 0 aliphatic rings. The van der Waals surface area contributed by atoms with Gasteiger partial charge in [0.1, 0.15) is 0 Å². The number of rotatable bonds is 3. The molecule has 204 valence electrons. The molecule has 0 fully saturated rings. The third-order valence-corrected chi connectivity index (χ3v) is 9.20. The van der Waals surface area contributed by atoms with E-state index < -0.39 is 0 Å². The highest BCUT2D eigenvalue weighted by atomic mass is 14.2. The van der Waals surface area contributed by atoms with Crippen LogP contribution in [0.15, 0.2) is 170 Å². The largest absolute Gasteiger partial charge is 0.0616 e. The Hall–Kier alpha value is -5.72. The van der Waals surface area contributed by atoms with Crippen LogP contribution in [-0.4, -0.2) is 0 Å². The van der Waals surface area contributed by atoms with Crippen molar-refractivity contribution in [2.45, 2.75) is 0 Å². The van der Waals surface area contributed by atoms with Crippen molar-refractivity contribution >= 4 is 53.9 Å². The van der Waals surface area contributed by atoms with Crippen molar-refractivity contribution in [3.8, 4) is 33.4 Å². The Morgan fingerprint density at radius 2 is 0.636 bits per heavy atom. The van der Waals surface area contributed by atoms with Crippen LogP contribution in [0.3, 0.4) is 0 Å². The van der Waals surface area contributed by atoms with Crippen LogP contribution in [0.5, 0.6) is 0 Å². The summed E-state index contributed by atoms with van der Waals surface area (Å²) >= 11 is 0. The zero-order valence-electron chi connectivity index (χ0n) is 24.2. The zero-order chi connectivity index (χ0) is 29.0. The van der Waals surface area contributed by atoms with Crippen LogP contribution in [0.1, 0.15) is 0 Å². The van der Waals surface area contributed by atoms with Gasteiger partial charge >= 0.3 is 0 Å². The molecule has 0 N–H and O–H groups in total. The van der Waals surface area contributed by atoms with E-state index in [0.29, 0.717) is 0 Å². The van der Waals surface area contributed by atoms with Crippen molar-refractivity contribution in [1.82, 2.24) is 0 Å². The van der Waals surface area contributed by atoms with Gasteiger partial charge in [0.2, 0.25) is 0 Å². The maximum absolute atomic E-state index is 2.37. The molecule has 0 spiro atoms. The Kier molecular flexibility index (Phi) is 5.61. The van der Waals surface area contributed by atoms with Gasteiger partial charge in [-0.3, -0.25) is 0 Å². The Labute approximate surface area is 256 Å². The molecule has 0 radical (unpaired) electrons. The molecule has 0 nitrogen and oxygen atoms in total. The summed E-state index contributed by atoms with van der Waals surface area (Å²) in [6, 6.07) is 62.4. The van der Waals surface area contributed by atoms with Crippen molar-refractivity contribution in [3.63, 3.8) is 0 Å². The summed E-state index contributed by atoms with van der Waals surface area (Å²) in [4.78, 5) is 0. The predicted octanol–water partition coefficient (Wildman–Crippen LogP) is 12.5. The molecule has 0 atom stereocenters. The van der Waals surface area contributed by atoms with E-state index in [1.807, 2.05) is 0 Å². The molecular weight excluding hydrogens is 528 g/mol. The topological polar surface area (TPSA) is 0 Å². The summed E-state index contributed by atoms with van der Waals surface area (Å²) in [5.74, 6) is 0. The maximum atomic E-state index is 2.37. The van der Waals surface area contributed by atoms with E-state index in [9.17, 15) is 0 Å². The summed E-state index contributed by atoms with van der Waals surface area (Å²) < 4.78 is 0. The molecular formula is C44H28. The van der Waals surface area contributed by atoms with Crippen LogP contribution in [0, 0.1) is 0 Å². The smallest absolute Gasteiger partial charge is 0.00262 e. The van der Waals surface area contributed by atoms with Gasteiger partial charge in [0, 0.05) is 0 Å². The zero-order valence-corrected chi connectivity index (χ0v) is 24.2. The van der Waals surface area contributed by atoms with Gasteiger partial charge < -0.3 is 0 Å². The van der Waals surface area contributed by atoms with Crippen molar-refractivity contribution in [2.75, 3.05) is 0 Å². The molecule has 9 aromatic carbocycles. The van der Waals surface area contributed by atoms with E-state index in [1.54, 1.807) is 0 Å². The number of benzene rings is 9. The average Bonchev–Trinajstić information content (AvgIpc) is 3.10. The third kappa shape index (κ3) is 3.92. The van der Waals surface area contributed by atoms with Gasteiger partial charge in [0.05, 0.1) is 0 Å². The van der Waals surface area contributed by atoms with Gasteiger partial charge in [0.15, 0.2) is 0 Å². The van der Waals surface area contributed by atoms with Gasteiger partial charge in [-0.25, -0.2) is 0 Å².